The molecule has 0 fully saturated rings. The third-order valence-electron chi connectivity index (χ3n) is 4.23. The number of anilines is 1. The van der Waals surface area contributed by atoms with Crippen molar-refractivity contribution in [3.05, 3.63) is 22.4 Å². The Labute approximate surface area is 133 Å². The summed E-state index contributed by atoms with van der Waals surface area (Å²) in [6, 6.07) is 2.37. The maximum absolute atomic E-state index is 9.64. The molecule has 2 heterocycles. The standard InChI is InChI=1S/C18H27N3O/c1-5-7-8-9-20-17-14(11-19)13-10-18(3,4)22-12-15(13)16(6-2)21-17/h5-10,12H2,1-4H3,(H,20,21). The summed E-state index contributed by atoms with van der Waals surface area (Å²) in [4.78, 5) is 4.71. The fraction of sp³-hybridized carbons (Fsp3) is 0.667. The van der Waals surface area contributed by atoms with Gasteiger partial charge in [0.15, 0.2) is 0 Å². The molecule has 0 unspecified atom stereocenters. The highest BCUT2D eigenvalue weighted by atomic mass is 16.5. The fourth-order valence-corrected chi connectivity index (χ4v) is 2.96. The van der Waals surface area contributed by atoms with Crippen molar-refractivity contribution >= 4 is 5.82 Å². The van der Waals surface area contributed by atoms with Crippen LogP contribution in [0.15, 0.2) is 0 Å². The normalized spacial score (nSPS) is 16.0. The van der Waals surface area contributed by atoms with E-state index < -0.39 is 0 Å². The molecule has 0 aromatic carbocycles. The number of nitriles is 1. The summed E-state index contributed by atoms with van der Waals surface area (Å²) in [6.45, 7) is 9.89. The molecular weight excluding hydrogens is 274 g/mol. The molecule has 4 heteroatoms. The molecular formula is C18H27N3O. The van der Waals surface area contributed by atoms with E-state index in [0.717, 1.165) is 48.4 Å². The third-order valence-corrected chi connectivity index (χ3v) is 4.23. The van der Waals surface area contributed by atoms with Crippen LogP contribution in [-0.4, -0.2) is 17.1 Å². The van der Waals surface area contributed by atoms with Crippen LogP contribution < -0.4 is 5.32 Å². The Hall–Kier alpha value is -1.60. The van der Waals surface area contributed by atoms with Crippen molar-refractivity contribution in [1.29, 1.82) is 5.26 Å². The predicted octanol–water partition coefficient (Wildman–Crippen LogP) is 3.97. The molecule has 0 saturated carbocycles. The van der Waals surface area contributed by atoms with Gasteiger partial charge in [-0.1, -0.05) is 26.7 Å². The zero-order valence-corrected chi connectivity index (χ0v) is 14.3. The lowest BCUT2D eigenvalue weighted by Gasteiger charge is -2.33. The van der Waals surface area contributed by atoms with Crippen molar-refractivity contribution < 1.29 is 4.74 Å². The van der Waals surface area contributed by atoms with Gasteiger partial charge in [-0.05, 0) is 32.3 Å². The van der Waals surface area contributed by atoms with E-state index >= 15 is 0 Å². The zero-order valence-electron chi connectivity index (χ0n) is 14.3. The van der Waals surface area contributed by atoms with Crippen LogP contribution in [0, 0.1) is 11.3 Å². The first-order valence-corrected chi connectivity index (χ1v) is 8.35. The molecule has 0 amide bonds. The summed E-state index contributed by atoms with van der Waals surface area (Å²) in [6.07, 6.45) is 5.12. The largest absolute Gasteiger partial charge is 0.370 e. The summed E-state index contributed by atoms with van der Waals surface area (Å²) in [7, 11) is 0. The van der Waals surface area contributed by atoms with Gasteiger partial charge in [-0.3, -0.25) is 0 Å². The van der Waals surface area contributed by atoms with Crippen molar-refractivity contribution in [3.8, 4) is 6.07 Å². The summed E-state index contributed by atoms with van der Waals surface area (Å²) in [5.41, 5.74) is 3.80. The van der Waals surface area contributed by atoms with Crippen molar-refractivity contribution in [1.82, 2.24) is 4.98 Å². The van der Waals surface area contributed by atoms with E-state index in [9.17, 15) is 5.26 Å². The molecule has 120 valence electrons. The molecule has 4 nitrogen and oxygen atoms in total. The number of unbranched alkanes of at least 4 members (excludes halogenated alkanes) is 2. The van der Waals surface area contributed by atoms with Crippen LogP contribution >= 0.6 is 0 Å². The quantitative estimate of drug-likeness (QED) is 0.808. The van der Waals surface area contributed by atoms with Crippen LogP contribution in [-0.2, 0) is 24.2 Å². The Kier molecular flexibility index (Phi) is 5.42. The number of aryl methyl sites for hydroxylation is 1. The minimum absolute atomic E-state index is 0.218. The van der Waals surface area contributed by atoms with Gasteiger partial charge in [0.25, 0.3) is 0 Å². The number of pyridine rings is 1. The van der Waals surface area contributed by atoms with E-state index in [1.807, 2.05) is 0 Å². The maximum Gasteiger partial charge on any atom is 0.144 e. The monoisotopic (exact) mass is 301 g/mol. The fourth-order valence-electron chi connectivity index (χ4n) is 2.96. The number of fused-ring (bicyclic) bond motifs is 1. The first-order chi connectivity index (χ1) is 10.5. The van der Waals surface area contributed by atoms with Crippen LogP contribution in [0.4, 0.5) is 5.82 Å². The number of aromatic nitrogens is 1. The molecule has 0 saturated heterocycles. The highest BCUT2D eigenvalue weighted by molar-refractivity contribution is 5.60. The SMILES string of the molecule is CCCCCNc1nc(CC)c2c(c1C#N)CC(C)(C)OC2. The van der Waals surface area contributed by atoms with Gasteiger partial charge in [0.2, 0.25) is 0 Å². The highest BCUT2D eigenvalue weighted by Crippen LogP contribution is 2.34. The number of ether oxygens (including phenoxy) is 1. The third kappa shape index (κ3) is 3.59. The summed E-state index contributed by atoms with van der Waals surface area (Å²) >= 11 is 0. The second-order valence-corrected chi connectivity index (χ2v) is 6.56. The first-order valence-electron chi connectivity index (χ1n) is 8.35. The Balaban J connectivity index is 2.36. The van der Waals surface area contributed by atoms with Crippen LogP contribution in [0.1, 0.15) is 69.3 Å². The number of nitrogens with zero attached hydrogens (tertiary/aromatic N) is 2. The van der Waals surface area contributed by atoms with Gasteiger partial charge in [-0.2, -0.15) is 5.26 Å². The molecule has 0 spiro atoms. The number of hydrogen-bond donors (Lipinski definition) is 1. The van der Waals surface area contributed by atoms with E-state index in [4.69, 9.17) is 9.72 Å². The van der Waals surface area contributed by atoms with E-state index in [0.29, 0.717) is 12.2 Å². The Morgan fingerprint density at radius 3 is 2.68 bits per heavy atom. The lowest BCUT2D eigenvalue weighted by molar-refractivity contribution is -0.0406. The first kappa shape index (κ1) is 16.8. The number of nitrogens with one attached hydrogen (secondary N) is 1. The minimum atomic E-state index is -0.218. The van der Waals surface area contributed by atoms with Gasteiger partial charge in [-0.15, -0.1) is 0 Å². The van der Waals surface area contributed by atoms with Gasteiger partial charge >= 0.3 is 0 Å². The summed E-state index contributed by atoms with van der Waals surface area (Å²) < 4.78 is 5.92. The van der Waals surface area contributed by atoms with Crippen molar-refractivity contribution in [2.45, 2.75) is 72.0 Å². The molecule has 1 aliphatic rings. The van der Waals surface area contributed by atoms with Gasteiger partial charge in [0, 0.05) is 24.2 Å². The molecule has 1 aromatic rings. The average Bonchev–Trinajstić information content (AvgIpc) is 2.49. The highest BCUT2D eigenvalue weighted by Gasteiger charge is 2.31. The van der Waals surface area contributed by atoms with Crippen molar-refractivity contribution in [2.75, 3.05) is 11.9 Å². The average molecular weight is 301 g/mol. The van der Waals surface area contributed by atoms with Gasteiger partial charge in [-0.25, -0.2) is 4.98 Å². The van der Waals surface area contributed by atoms with Gasteiger partial charge in [0.1, 0.15) is 11.9 Å². The van der Waals surface area contributed by atoms with E-state index in [1.54, 1.807) is 0 Å². The van der Waals surface area contributed by atoms with E-state index in [2.05, 4.69) is 39.1 Å². The van der Waals surface area contributed by atoms with Crippen LogP contribution in [0.3, 0.4) is 0 Å². The second-order valence-electron chi connectivity index (χ2n) is 6.56. The molecule has 0 aliphatic carbocycles. The van der Waals surface area contributed by atoms with Crippen molar-refractivity contribution in [2.24, 2.45) is 0 Å². The lowest BCUT2D eigenvalue weighted by Crippen LogP contribution is -2.33. The van der Waals surface area contributed by atoms with Crippen LogP contribution in [0.25, 0.3) is 0 Å². The Morgan fingerprint density at radius 1 is 1.27 bits per heavy atom. The topological polar surface area (TPSA) is 57.9 Å². The molecule has 22 heavy (non-hydrogen) atoms. The molecule has 0 radical (unpaired) electrons. The van der Waals surface area contributed by atoms with Gasteiger partial charge in [0.05, 0.1) is 17.8 Å². The maximum atomic E-state index is 9.64. The molecule has 1 N–H and O–H groups in total. The van der Waals surface area contributed by atoms with Crippen LogP contribution in [0.2, 0.25) is 0 Å². The van der Waals surface area contributed by atoms with Crippen LogP contribution in [0.5, 0.6) is 0 Å². The number of hydrogen-bond acceptors (Lipinski definition) is 4. The Bertz CT molecular complexity index is 573. The molecule has 0 atom stereocenters. The second kappa shape index (κ2) is 7.11. The smallest absolute Gasteiger partial charge is 0.144 e. The molecule has 2 rings (SSSR count). The van der Waals surface area contributed by atoms with E-state index in [-0.39, 0.29) is 5.60 Å². The van der Waals surface area contributed by atoms with E-state index in [1.165, 1.54) is 12.8 Å². The summed E-state index contributed by atoms with van der Waals surface area (Å²) in [5.74, 6) is 0.756. The predicted molar refractivity (Wildman–Crippen MR) is 88.9 cm³/mol. The Morgan fingerprint density at radius 2 is 2.05 bits per heavy atom. The molecule has 1 aliphatic heterocycles. The summed E-state index contributed by atoms with van der Waals surface area (Å²) in [5, 5.41) is 13.0. The molecule has 0 bridgehead atoms. The minimum Gasteiger partial charge on any atom is -0.370 e. The molecule has 1 aromatic heterocycles. The van der Waals surface area contributed by atoms with Crippen molar-refractivity contribution in [3.63, 3.8) is 0 Å². The van der Waals surface area contributed by atoms with Gasteiger partial charge < -0.3 is 10.1 Å². The zero-order chi connectivity index (χ0) is 16.2. The number of rotatable bonds is 6. The lowest BCUT2D eigenvalue weighted by atomic mass is 9.87.